The van der Waals surface area contributed by atoms with Crippen molar-refractivity contribution in [2.24, 2.45) is 5.73 Å². The number of nitrogens with two attached hydrogens (primary N) is 1. The molecule has 1 aliphatic rings. The van der Waals surface area contributed by atoms with Crippen molar-refractivity contribution in [3.8, 4) is 0 Å². The first kappa shape index (κ1) is 13.4. The highest BCUT2D eigenvalue weighted by atomic mass is 32.2. The van der Waals surface area contributed by atoms with Crippen LogP contribution >= 0.6 is 11.8 Å². The second-order valence-corrected chi connectivity index (χ2v) is 5.87. The summed E-state index contributed by atoms with van der Waals surface area (Å²) in [4.78, 5) is 0. The number of rotatable bonds is 5. The number of hydrogen-bond acceptors (Lipinski definition) is 4. The first-order chi connectivity index (χ1) is 7.03. The lowest BCUT2D eigenvalue weighted by Gasteiger charge is -2.38. The Balaban J connectivity index is 2.23. The molecular weight excluding hydrogens is 209 g/mol. The van der Waals surface area contributed by atoms with E-state index in [2.05, 4.69) is 20.8 Å². The zero-order valence-electron chi connectivity index (χ0n) is 9.99. The Morgan fingerprint density at radius 1 is 1.47 bits per heavy atom. The lowest BCUT2D eigenvalue weighted by atomic mass is 9.80. The second kappa shape index (κ2) is 6.13. The van der Waals surface area contributed by atoms with Crippen LogP contribution in [0.1, 0.15) is 27.2 Å². The Labute approximate surface area is 97.6 Å². The highest BCUT2D eigenvalue weighted by molar-refractivity contribution is 7.99. The predicted molar refractivity (Wildman–Crippen MR) is 67.3 cm³/mol. The molecule has 2 N–H and O–H groups in total. The zero-order chi connectivity index (χ0) is 11.3. The van der Waals surface area contributed by atoms with Gasteiger partial charge in [0.25, 0.3) is 0 Å². The van der Waals surface area contributed by atoms with Gasteiger partial charge in [-0.3, -0.25) is 0 Å². The maximum atomic E-state index is 5.86. The van der Waals surface area contributed by atoms with Gasteiger partial charge in [-0.25, -0.2) is 0 Å². The van der Waals surface area contributed by atoms with Crippen molar-refractivity contribution in [2.45, 2.75) is 45.2 Å². The molecule has 5 heteroatoms. The van der Waals surface area contributed by atoms with Gasteiger partial charge in [0, 0.05) is 18.4 Å². The van der Waals surface area contributed by atoms with E-state index in [0.717, 1.165) is 30.8 Å². The van der Waals surface area contributed by atoms with Gasteiger partial charge in [0.1, 0.15) is 0 Å². The number of thioether (sulfide) groups is 1. The van der Waals surface area contributed by atoms with Crippen LogP contribution in [0.5, 0.6) is 0 Å². The monoisotopic (exact) mass is 231 g/mol. The highest BCUT2D eigenvalue weighted by Crippen LogP contribution is 2.27. The van der Waals surface area contributed by atoms with Crippen LogP contribution in [0.4, 0.5) is 0 Å². The molecular formula is C10H22BNO2S. The van der Waals surface area contributed by atoms with Crippen molar-refractivity contribution in [3.63, 3.8) is 0 Å². The maximum absolute atomic E-state index is 5.86. The van der Waals surface area contributed by atoms with Gasteiger partial charge in [0.2, 0.25) is 0 Å². The largest absolute Gasteiger partial charge is 0.458 e. The molecule has 3 nitrogen and oxygen atoms in total. The molecule has 1 atom stereocenters. The molecule has 1 saturated heterocycles. The van der Waals surface area contributed by atoms with E-state index in [1.165, 1.54) is 0 Å². The van der Waals surface area contributed by atoms with Crippen LogP contribution in [0, 0.1) is 0 Å². The first-order valence-corrected chi connectivity index (χ1v) is 6.80. The molecule has 1 heterocycles. The van der Waals surface area contributed by atoms with Gasteiger partial charge < -0.3 is 15.0 Å². The lowest BCUT2D eigenvalue weighted by Crippen LogP contribution is -2.45. The van der Waals surface area contributed by atoms with E-state index in [1.54, 1.807) is 0 Å². The molecule has 1 rings (SSSR count). The van der Waals surface area contributed by atoms with Crippen LogP contribution in [-0.4, -0.2) is 36.9 Å². The Bertz CT molecular complexity index is 192. The minimum atomic E-state index is -0.0408. The molecule has 0 amide bonds. The molecule has 0 radical (unpaired) electrons. The molecule has 0 aromatic rings. The highest BCUT2D eigenvalue weighted by Gasteiger charge is 2.36. The van der Waals surface area contributed by atoms with Crippen molar-refractivity contribution in [1.29, 1.82) is 0 Å². The van der Waals surface area contributed by atoms with Gasteiger partial charge in [-0.1, -0.05) is 0 Å². The molecule has 0 spiro atoms. The van der Waals surface area contributed by atoms with Gasteiger partial charge in [-0.05, 0) is 39.3 Å². The normalized spacial score (nSPS) is 25.6. The quantitative estimate of drug-likeness (QED) is 0.578. The van der Waals surface area contributed by atoms with Crippen molar-refractivity contribution in [2.75, 3.05) is 18.1 Å². The first-order valence-electron chi connectivity index (χ1n) is 5.64. The average molecular weight is 231 g/mol. The Morgan fingerprint density at radius 2 is 2.20 bits per heavy atom. The minimum Gasteiger partial charge on any atom is -0.409 e. The summed E-state index contributed by atoms with van der Waals surface area (Å²) in [6.45, 7) is 7.13. The van der Waals surface area contributed by atoms with E-state index in [0.29, 0.717) is 6.10 Å². The molecule has 0 bridgehead atoms. The van der Waals surface area contributed by atoms with E-state index in [4.69, 9.17) is 15.0 Å². The van der Waals surface area contributed by atoms with Crippen LogP contribution in [0.2, 0.25) is 6.32 Å². The third-order valence-electron chi connectivity index (χ3n) is 2.37. The fourth-order valence-electron chi connectivity index (χ4n) is 1.92. The van der Waals surface area contributed by atoms with Crippen LogP contribution in [0.3, 0.4) is 0 Å². The summed E-state index contributed by atoms with van der Waals surface area (Å²) in [5, 5.41) is 0. The molecule has 1 unspecified atom stereocenters. The Morgan fingerprint density at radius 3 is 2.80 bits per heavy atom. The van der Waals surface area contributed by atoms with Crippen LogP contribution in [-0.2, 0) is 9.31 Å². The molecule has 1 aliphatic heterocycles. The number of hydrogen-bond donors (Lipinski definition) is 1. The fraction of sp³-hybridized carbons (Fsp3) is 1.00. The van der Waals surface area contributed by atoms with Crippen LogP contribution in [0.25, 0.3) is 0 Å². The van der Waals surface area contributed by atoms with Crippen LogP contribution in [0.15, 0.2) is 0 Å². The SMILES string of the molecule is CC1CC(C)(C)OB(CCSCCN)O1. The summed E-state index contributed by atoms with van der Waals surface area (Å²) >= 11 is 1.86. The average Bonchev–Trinajstić information content (AvgIpc) is 2.09. The standard InChI is InChI=1S/C10H22BNO2S/c1-9-8-10(2,3)14-11(13-9)4-6-15-7-5-12/h9H,4-8,12H2,1-3H3. The molecule has 0 aromatic heterocycles. The summed E-state index contributed by atoms with van der Waals surface area (Å²) in [5.41, 5.74) is 5.39. The lowest BCUT2D eigenvalue weighted by molar-refractivity contribution is -0.0281. The van der Waals surface area contributed by atoms with E-state index >= 15 is 0 Å². The van der Waals surface area contributed by atoms with E-state index in [1.807, 2.05) is 11.8 Å². The van der Waals surface area contributed by atoms with Gasteiger partial charge in [0.15, 0.2) is 0 Å². The summed E-state index contributed by atoms with van der Waals surface area (Å²) in [6.07, 6.45) is 2.23. The van der Waals surface area contributed by atoms with E-state index in [9.17, 15) is 0 Å². The third-order valence-corrected chi connectivity index (χ3v) is 3.42. The van der Waals surface area contributed by atoms with Gasteiger partial charge in [0.05, 0.1) is 5.60 Å². The van der Waals surface area contributed by atoms with Crippen molar-refractivity contribution in [1.82, 2.24) is 0 Å². The summed E-state index contributed by atoms with van der Waals surface area (Å²) in [7, 11) is -0.0333. The Kier molecular flexibility index (Phi) is 5.46. The molecule has 0 aromatic carbocycles. The zero-order valence-corrected chi connectivity index (χ0v) is 10.8. The molecule has 0 aliphatic carbocycles. The van der Waals surface area contributed by atoms with Crippen molar-refractivity contribution >= 4 is 18.9 Å². The van der Waals surface area contributed by atoms with Crippen molar-refractivity contribution < 1.29 is 9.31 Å². The third kappa shape index (κ3) is 5.25. The van der Waals surface area contributed by atoms with E-state index < -0.39 is 0 Å². The van der Waals surface area contributed by atoms with Crippen LogP contribution < -0.4 is 5.73 Å². The maximum Gasteiger partial charge on any atom is 0.458 e. The van der Waals surface area contributed by atoms with Gasteiger partial charge in [-0.2, -0.15) is 11.8 Å². The molecule has 1 fully saturated rings. The summed E-state index contributed by atoms with van der Waals surface area (Å²) in [6, 6.07) is 0. The molecule has 88 valence electrons. The molecule has 15 heavy (non-hydrogen) atoms. The van der Waals surface area contributed by atoms with Gasteiger partial charge >= 0.3 is 7.12 Å². The predicted octanol–water partition coefficient (Wildman–Crippen LogP) is 1.77. The van der Waals surface area contributed by atoms with Gasteiger partial charge in [-0.15, -0.1) is 0 Å². The fourth-order valence-corrected chi connectivity index (χ4v) is 2.65. The minimum absolute atomic E-state index is 0.0333. The second-order valence-electron chi connectivity index (χ2n) is 4.65. The summed E-state index contributed by atoms with van der Waals surface area (Å²) in [5.74, 6) is 2.08. The summed E-state index contributed by atoms with van der Waals surface area (Å²) < 4.78 is 11.6. The van der Waals surface area contributed by atoms with E-state index in [-0.39, 0.29) is 12.7 Å². The topological polar surface area (TPSA) is 44.5 Å². The molecule has 0 saturated carbocycles. The van der Waals surface area contributed by atoms with Crippen molar-refractivity contribution in [3.05, 3.63) is 0 Å². The Hall–Kier alpha value is 0.295. The smallest absolute Gasteiger partial charge is 0.409 e.